The standard InChI is InChI=1S/C16H15FN4O2S/c1-7-8(2)20-21-16-12(7)13(18)14(24-16)15(23)19-6-9-3-4-11(22)10(17)5-9/h3-5,22H,6,18H2,1-2H3,(H,19,23). The molecular weight excluding hydrogens is 331 g/mol. The molecule has 0 aliphatic rings. The maximum atomic E-state index is 13.3. The van der Waals surface area contributed by atoms with E-state index in [0.717, 1.165) is 16.6 Å². The summed E-state index contributed by atoms with van der Waals surface area (Å²) in [5.74, 6) is -1.52. The van der Waals surface area contributed by atoms with Crippen LogP contribution in [-0.2, 0) is 6.54 Å². The van der Waals surface area contributed by atoms with Crippen LogP contribution in [0.3, 0.4) is 0 Å². The molecule has 0 saturated carbocycles. The second kappa shape index (κ2) is 6.04. The van der Waals surface area contributed by atoms with Crippen LogP contribution < -0.4 is 11.1 Å². The number of hydrogen-bond acceptors (Lipinski definition) is 6. The summed E-state index contributed by atoms with van der Waals surface area (Å²) in [6.45, 7) is 3.84. The molecule has 124 valence electrons. The number of rotatable bonds is 3. The first-order valence-corrected chi connectivity index (χ1v) is 7.97. The Kier molecular flexibility index (Phi) is 4.06. The summed E-state index contributed by atoms with van der Waals surface area (Å²) >= 11 is 1.17. The zero-order chi connectivity index (χ0) is 17.4. The molecular formula is C16H15FN4O2S. The van der Waals surface area contributed by atoms with Gasteiger partial charge in [-0.1, -0.05) is 6.07 Å². The lowest BCUT2D eigenvalue weighted by molar-refractivity contribution is 0.0956. The fourth-order valence-electron chi connectivity index (χ4n) is 2.33. The van der Waals surface area contributed by atoms with E-state index in [9.17, 15) is 14.3 Å². The second-order valence-electron chi connectivity index (χ2n) is 5.40. The first-order chi connectivity index (χ1) is 11.4. The Balaban J connectivity index is 1.85. The SMILES string of the molecule is Cc1nnc2sc(C(=O)NCc3ccc(O)c(F)c3)c(N)c2c1C. The number of nitrogens with two attached hydrogens (primary N) is 1. The summed E-state index contributed by atoms with van der Waals surface area (Å²) in [4.78, 5) is 13.3. The molecule has 0 saturated heterocycles. The number of benzene rings is 1. The third-order valence-electron chi connectivity index (χ3n) is 3.81. The highest BCUT2D eigenvalue weighted by atomic mass is 32.1. The molecule has 0 bridgehead atoms. The van der Waals surface area contributed by atoms with Crippen molar-refractivity contribution in [2.45, 2.75) is 20.4 Å². The van der Waals surface area contributed by atoms with Crippen LogP contribution in [-0.4, -0.2) is 21.2 Å². The second-order valence-corrected chi connectivity index (χ2v) is 6.40. The van der Waals surface area contributed by atoms with E-state index in [1.54, 1.807) is 0 Å². The van der Waals surface area contributed by atoms with E-state index in [1.807, 2.05) is 13.8 Å². The van der Waals surface area contributed by atoms with Gasteiger partial charge in [-0.25, -0.2) is 4.39 Å². The number of carbonyl (C=O) groups is 1. The van der Waals surface area contributed by atoms with Crippen LogP contribution in [0.15, 0.2) is 18.2 Å². The van der Waals surface area contributed by atoms with Crippen molar-refractivity contribution in [2.24, 2.45) is 0 Å². The van der Waals surface area contributed by atoms with Crippen molar-refractivity contribution in [3.8, 4) is 5.75 Å². The van der Waals surface area contributed by atoms with Gasteiger partial charge in [0.25, 0.3) is 5.91 Å². The number of nitrogens with zero attached hydrogens (tertiary/aromatic N) is 2. The van der Waals surface area contributed by atoms with Gasteiger partial charge in [0.1, 0.15) is 9.71 Å². The molecule has 1 aromatic carbocycles. The monoisotopic (exact) mass is 346 g/mol. The zero-order valence-corrected chi connectivity index (χ0v) is 13.9. The molecule has 0 aliphatic heterocycles. The topological polar surface area (TPSA) is 101 Å². The largest absolute Gasteiger partial charge is 0.505 e. The Morgan fingerprint density at radius 1 is 1.38 bits per heavy atom. The van der Waals surface area contributed by atoms with Gasteiger partial charge >= 0.3 is 0 Å². The Hall–Kier alpha value is -2.74. The average molecular weight is 346 g/mol. The number of amides is 1. The molecule has 0 aliphatic carbocycles. The number of halogens is 1. The lowest BCUT2D eigenvalue weighted by Gasteiger charge is -2.06. The highest BCUT2D eigenvalue weighted by Gasteiger charge is 2.19. The molecule has 2 aromatic heterocycles. The van der Waals surface area contributed by atoms with Crippen LogP contribution in [0.4, 0.5) is 10.1 Å². The molecule has 24 heavy (non-hydrogen) atoms. The lowest BCUT2D eigenvalue weighted by Crippen LogP contribution is -2.22. The van der Waals surface area contributed by atoms with Crippen molar-refractivity contribution >= 4 is 33.1 Å². The van der Waals surface area contributed by atoms with Gasteiger partial charge in [-0.3, -0.25) is 4.79 Å². The summed E-state index contributed by atoms with van der Waals surface area (Å²) in [7, 11) is 0. The molecule has 4 N–H and O–H groups in total. The Bertz CT molecular complexity index is 955. The van der Waals surface area contributed by atoms with Gasteiger partial charge in [0.2, 0.25) is 0 Å². The minimum absolute atomic E-state index is 0.118. The number of phenols is 1. The number of aryl methyl sites for hydroxylation is 2. The molecule has 0 spiro atoms. The normalized spacial score (nSPS) is 11.0. The molecule has 0 fully saturated rings. The molecule has 3 rings (SSSR count). The first-order valence-electron chi connectivity index (χ1n) is 7.16. The van der Waals surface area contributed by atoms with E-state index >= 15 is 0 Å². The Morgan fingerprint density at radius 3 is 2.83 bits per heavy atom. The van der Waals surface area contributed by atoms with Crippen molar-refractivity contribution in [3.05, 3.63) is 45.7 Å². The van der Waals surface area contributed by atoms with Crippen molar-refractivity contribution in [2.75, 3.05) is 5.73 Å². The first kappa shape index (κ1) is 16.1. The Labute approximate surface area is 141 Å². The molecule has 0 radical (unpaired) electrons. The molecule has 6 nitrogen and oxygen atoms in total. The summed E-state index contributed by atoms with van der Waals surface area (Å²) in [5.41, 5.74) is 8.68. The number of aromatic hydroxyl groups is 1. The van der Waals surface area contributed by atoms with Crippen LogP contribution in [0, 0.1) is 19.7 Å². The molecule has 2 heterocycles. The number of phenolic OH excluding ortho intramolecular Hbond substituents is 1. The zero-order valence-electron chi connectivity index (χ0n) is 13.1. The fraction of sp³-hybridized carbons (Fsp3) is 0.188. The van der Waals surface area contributed by atoms with Crippen LogP contribution in [0.1, 0.15) is 26.5 Å². The highest BCUT2D eigenvalue weighted by molar-refractivity contribution is 7.21. The smallest absolute Gasteiger partial charge is 0.263 e. The number of thiophene rings is 1. The van der Waals surface area contributed by atoms with E-state index in [-0.39, 0.29) is 12.5 Å². The van der Waals surface area contributed by atoms with E-state index < -0.39 is 11.6 Å². The van der Waals surface area contributed by atoms with Gasteiger partial charge in [-0.05, 0) is 37.1 Å². The molecule has 0 atom stereocenters. The van der Waals surface area contributed by atoms with Crippen molar-refractivity contribution < 1.29 is 14.3 Å². The van der Waals surface area contributed by atoms with Crippen molar-refractivity contribution in [1.82, 2.24) is 15.5 Å². The van der Waals surface area contributed by atoms with Gasteiger partial charge in [0.15, 0.2) is 11.6 Å². The number of aromatic nitrogens is 2. The van der Waals surface area contributed by atoms with E-state index in [2.05, 4.69) is 15.5 Å². The summed E-state index contributed by atoms with van der Waals surface area (Å²) in [6, 6.07) is 3.95. The van der Waals surface area contributed by atoms with E-state index in [4.69, 9.17) is 5.73 Å². The molecule has 3 aromatic rings. The predicted molar refractivity (Wildman–Crippen MR) is 90.5 cm³/mol. The molecule has 1 amide bonds. The van der Waals surface area contributed by atoms with Crippen molar-refractivity contribution in [1.29, 1.82) is 0 Å². The number of carbonyl (C=O) groups excluding carboxylic acids is 1. The Morgan fingerprint density at radius 2 is 2.12 bits per heavy atom. The highest BCUT2D eigenvalue weighted by Crippen LogP contribution is 2.34. The van der Waals surface area contributed by atoms with Gasteiger partial charge in [-0.2, -0.15) is 5.10 Å². The average Bonchev–Trinajstić information content (AvgIpc) is 2.89. The number of anilines is 1. The third kappa shape index (κ3) is 2.76. The lowest BCUT2D eigenvalue weighted by atomic mass is 10.1. The minimum atomic E-state index is -0.732. The van der Waals surface area contributed by atoms with Gasteiger partial charge in [0.05, 0.1) is 11.4 Å². The molecule has 0 unspecified atom stereocenters. The predicted octanol–water partition coefficient (Wildman–Crippen LogP) is 2.67. The third-order valence-corrected chi connectivity index (χ3v) is 4.90. The minimum Gasteiger partial charge on any atom is -0.505 e. The van der Waals surface area contributed by atoms with Crippen LogP contribution in [0.5, 0.6) is 5.75 Å². The maximum absolute atomic E-state index is 13.3. The van der Waals surface area contributed by atoms with Crippen LogP contribution in [0.2, 0.25) is 0 Å². The number of hydrogen-bond donors (Lipinski definition) is 3. The van der Waals surface area contributed by atoms with E-state index in [1.165, 1.54) is 29.5 Å². The summed E-state index contributed by atoms with van der Waals surface area (Å²) < 4.78 is 13.3. The summed E-state index contributed by atoms with van der Waals surface area (Å²) in [6.07, 6.45) is 0. The fourth-order valence-corrected chi connectivity index (χ4v) is 3.35. The van der Waals surface area contributed by atoms with Gasteiger partial charge < -0.3 is 16.2 Å². The van der Waals surface area contributed by atoms with Gasteiger partial charge in [-0.15, -0.1) is 16.4 Å². The van der Waals surface area contributed by atoms with Crippen molar-refractivity contribution in [3.63, 3.8) is 0 Å². The quantitative estimate of drug-likeness (QED) is 0.677. The number of fused-ring (bicyclic) bond motifs is 1. The number of nitrogen functional groups attached to an aromatic ring is 1. The van der Waals surface area contributed by atoms with E-state index in [0.29, 0.717) is 21.0 Å². The van der Waals surface area contributed by atoms with Crippen LogP contribution in [0.25, 0.3) is 10.2 Å². The van der Waals surface area contributed by atoms with Crippen LogP contribution >= 0.6 is 11.3 Å². The summed E-state index contributed by atoms with van der Waals surface area (Å²) in [5, 5.41) is 20.7. The molecule has 8 heteroatoms. The number of nitrogens with one attached hydrogen (secondary N) is 1. The van der Waals surface area contributed by atoms with Gasteiger partial charge in [0, 0.05) is 11.9 Å². The maximum Gasteiger partial charge on any atom is 0.263 e.